The van der Waals surface area contributed by atoms with E-state index in [9.17, 15) is 0 Å². The molecule has 1 heterocycles. The van der Waals surface area contributed by atoms with Crippen molar-refractivity contribution in [2.45, 2.75) is 6.54 Å². The van der Waals surface area contributed by atoms with Gasteiger partial charge in [0, 0.05) is 20.2 Å². The average molecular weight is 232 g/mol. The van der Waals surface area contributed by atoms with Crippen LogP contribution in [0.4, 0.5) is 0 Å². The van der Waals surface area contributed by atoms with Crippen LogP contribution in [-0.2, 0) is 11.3 Å². The molecule has 0 atom stereocenters. The second-order valence-corrected chi connectivity index (χ2v) is 3.63. The van der Waals surface area contributed by atoms with Gasteiger partial charge in [-0.05, 0) is 12.1 Å². The van der Waals surface area contributed by atoms with E-state index in [-0.39, 0.29) is 0 Å². The predicted molar refractivity (Wildman–Crippen MR) is 64.9 cm³/mol. The molecule has 0 bridgehead atoms. The normalized spacial score (nSPS) is 10.6. The van der Waals surface area contributed by atoms with Crippen molar-refractivity contribution in [3.05, 3.63) is 42.2 Å². The zero-order valence-electron chi connectivity index (χ0n) is 9.84. The van der Waals surface area contributed by atoms with Gasteiger partial charge in [0.2, 0.25) is 0 Å². The molecule has 5 nitrogen and oxygen atoms in total. The van der Waals surface area contributed by atoms with Crippen molar-refractivity contribution in [2.24, 2.45) is 0 Å². The highest BCUT2D eigenvalue weighted by Gasteiger charge is 2.01. The van der Waals surface area contributed by atoms with Gasteiger partial charge in [0.05, 0.1) is 24.2 Å². The molecule has 0 aliphatic heterocycles. The number of hydrogen-bond acceptors (Lipinski definition) is 4. The quantitative estimate of drug-likeness (QED) is 0.755. The Bertz CT molecular complexity index is 441. The third-order valence-corrected chi connectivity index (χ3v) is 2.32. The smallest absolute Gasteiger partial charge is 0.0969 e. The van der Waals surface area contributed by atoms with Gasteiger partial charge in [-0.1, -0.05) is 18.2 Å². The lowest BCUT2D eigenvalue weighted by molar-refractivity contribution is 0.199. The molecule has 2 aromatic rings. The van der Waals surface area contributed by atoms with E-state index < -0.39 is 0 Å². The zero-order chi connectivity index (χ0) is 11.9. The third-order valence-electron chi connectivity index (χ3n) is 2.32. The first kappa shape index (κ1) is 11.8. The van der Waals surface area contributed by atoms with E-state index in [2.05, 4.69) is 15.5 Å². The van der Waals surface area contributed by atoms with Gasteiger partial charge in [-0.25, -0.2) is 0 Å². The van der Waals surface area contributed by atoms with Crippen LogP contribution in [0.5, 0.6) is 0 Å². The maximum atomic E-state index is 4.95. The van der Waals surface area contributed by atoms with Gasteiger partial charge < -0.3 is 10.1 Å². The molecule has 0 fully saturated rings. The molecule has 90 valence electrons. The summed E-state index contributed by atoms with van der Waals surface area (Å²) in [6.07, 6.45) is 1.77. The minimum absolute atomic E-state index is 0.701. The number of para-hydroxylation sites is 1. The second-order valence-electron chi connectivity index (χ2n) is 3.63. The molecule has 0 saturated carbocycles. The monoisotopic (exact) mass is 232 g/mol. The summed E-state index contributed by atoms with van der Waals surface area (Å²) in [7, 11) is 1.69. The number of benzene rings is 1. The Kier molecular flexibility index (Phi) is 4.23. The highest BCUT2D eigenvalue weighted by atomic mass is 16.5. The maximum absolute atomic E-state index is 4.95. The van der Waals surface area contributed by atoms with Crippen molar-refractivity contribution in [3.63, 3.8) is 0 Å². The second kappa shape index (κ2) is 6.12. The van der Waals surface area contributed by atoms with Crippen molar-refractivity contribution < 1.29 is 4.74 Å². The largest absolute Gasteiger partial charge is 0.383 e. The van der Waals surface area contributed by atoms with E-state index in [1.807, 2.05) is 30.3 Å². The molecule has 17 heavy (non-hydrogen) atoms. The van der Waals surface area contributed by atoms with E-state index in [4.69, 9.17) is 4.74 Å². The van der Waals surface area contributed by atoms with Crippen molar-refractivity contribution in [2.75, 3.05) is 20.3 Å². The van der Waals surface area contributed by atoms with Crippen LogP contribution in [0.25, 0.3) is 5.69 Å². The molecule has 5 heteroatoms. The average Bonchev–Trinajstić information content (AvgIpc) is 2.85. The van der Waals surface area contributed by atoms with E-state index in [1.54, 1.807) is 18.1 Å². The number of aromatic nitrogens is 3. The summed E-state index contributed by atoms with van der Waals surface area (Å²) in [4.78, 5) is 1.63. The summed E-state index contributed by atoms with van der Waals surface area (Å²) >= 11 is 0. The predicted octanol–water partition coefficient (Wildman–Crippen LogP) is 1.00. The van der Waals surface area contributed by atoms with Crippen molar-refractivity contribution >= 4 is 0 Å². The molecule has 0 saturated heterocycles. The van der Waals surface area contributed by atoms with Gasteiger partial charge in [0.15, 0.2) is 0 Å². The Hall–Kier alpha value is -1.72. The molecule has 1 aromatic heterocycles. The number of ether oxygens (including phenoxy) is 1. The molecule has 2 rings (SSSR count). The van der Waals surface area contributed by atoms with Crippen LogP contribution >= 0.6 is 0 Å². The number of nitrogens with one attached hydrogen (secondary N) is 1. The molecule has 0 radical (unpaired) electrons. The molecule has 0 unspecified atom stereocenters. The fraction of sp³-hybridized carbons (Fsp3) is 0.333. The number of hydrogen-bond donors (Lipinski definition) is 1. The summed E-state index contributed by atoms with van der Waals surface area (Å²) in [5.41, 5.74) is 1.89. The number of nitrogens with zero attached hydrogens (tertiary/aromatic N) is 3. The standard InChI is InChI=1S/C12H16N4O/c1-17-8-7-13-9-11-10-14-16(15-11)12-5-3-2-4-6-12/h2-6,10,13H,7-9H2,1H3. The van der Waals surface area contributed by atoms with E-state index in [0.29, 0.717) is 13.2 Å². The zero-order valence-corrected chi connectivity index (χ0v) is 9.84. The first-order valence-corrected chi connectivity index (χ1v) is 5.56. The molecule has 0 aliphatic rings. The van der Waals surface area contributed by atoms with Gasteiger partial charge in [0.25, 0.3) is 0 Å². The van der Waals surface area contributed by atoms with Gasteiger partial charge >= 0.3 is 0 Å². The topological polar surface area (TPSA) is 52.0 Å². The highest BCUT2D eigenvalue weighted by molar-refractivity contribution is 5.28. The molecule has 0 amide bonds. The maximum Gasteiger partial charge on any atom is 0.0969 e. The van der Waals surface area contributed by atoms with Crippen LogP contribution in [-0.4, -0.2) is 35.3 Å². The summed E-state index contributed by atoms with van der Waals surface area (Å²) in [6.45, 7) is 2.22. The van der Waals surface area contributed by atoms with E-state index in [1.165, 1.54) is 0 Å². The molecule has 0 spiro atoms. The SMILES string of the molecule is COCCNCc1cnn(-c2ccccc2)n1. The Balaban J connectivity index is 1.92. The van der Waals surface area contributed by atoms with Gasteiger partial charge in [-0.2, -0.15) is 15.0 Å². The van der Waals surface area contributed by atoms with Crippen molar-refractivity contribution in [1.82, 2.24) is 20.3 Å². The Morgan fingerprint density at radius 1 is 1.29 bits per heavy atom. The molecule has 1 aromatic carbocycles. The third kappa shape index (κ3) is 3.37. The Morgan fingerprint density at radius 2 is 2.12 bits per heavy atom. The summed E-state index contributed by atoms with van der Waals surface area (Å²) in [5, 5.41) is 11.8. The van der Waals surface area contributed by atoms with Gasteiger partial charge in [-0.3, -0.25) is 0 Å². The summed E-state index contributed by atoms with van der Waals surface area (Å²) < 4.78 is 4.95. The fourth-order valence-corrected chi connectivity index (χ4v) is 1.45. The number of rotatable bonds is 6. The minimum atomic E-state index is 0.701. The van der Waals surface area contributed by atoms with Crippen LogP contribution in [0.15, 0.2) is 36.5 Å². The number of methoxy groups -OCH3 is 1. The molecule has 0 aliphatic carbocycles. The summed E-state index contributed by atoms with van der Waals surface area (Å²) in [6, 6.07) is 9.86. The van der Waals surface area contributed by atoms with E-state index >= 15 is 0 Å². The van der Waals surface area contributed by atoms with Gasteiger partial charge in [-0.15, -0.1) is 0 Å². The fourth-order valence-electron chi connectivity index (χ4n) is 1.45. The van der Waals surface area contributed by atoms with Crippen molar-refractivity contribution in [3.8, 4) is 5.69 Å². The van der Waals surface area contributed by atoms with Crippen LogP contribution in [0, 0.1) is 0 Å². The van der Waals surface area contributed by atoms with Crippen LogP contribution in [0.3, 0.4) is 0 Å². The van der Waals surface area contributed by atoms with E-state index in [0.717, 1.165) is 17.9 Å². The lowest BCUT2D eigenvalue weighted by Gasteiger charge is -2.00. The highest BCUT2D eigenvalue weighted by Crippen LogP contribution is 2.03. The van der Waals surface area contributed by atoms with Gasteiger partial charge in [0.1, 0.15) is 0 Å². The van der Waals surface area contributed by atoms with Crippen LogP contribution < -0.4 is 5.32 Å². The Labute approximate surface area is 100 Å². The minimum Gasteiger partial charge on any atom is -0.383 e. The molecular formula is C12H16N4O. The first-order valence-electron chi connectivity index (χ1n) is 5.56. The molecular weight excluding hydrogens is 216 g/mol. The Morgan fingerprint density at radius 3 is 2.88 bits per heavy atom. The van der Waals surface area contributed by atoms with Crippen LogP contribution in [0.2, 0.25) is 0 Å². The van der Waals surface area contributed by atoms with Crippen LogP contribution in [0.1, 0.15) is 5.69 Å². The summed E-state index contributed by atoms with van der Waals surface area (Å²) in [5.74, 6) is 0. The first-order chi connectivity index (χ1) is 8.40. The molecule has 1 N–H and O–H groups in total. The lowest BCUT2D eigenvalue weighted by Crippen LogP contribution is -2.18. The lowest BCUT2D eigenvalue weighted by atomic mass is 10.3. The van der Waals surface area contributed by atoms with Crippen molar-refractivity contribution in [1.29, 1.82) is 0 Å².